The van der Waals surface area contributed by atoms with Crippen LogP contribution in [0, 0.1) is 0 Å². The van der Waals surface area contributed by atoms with Crippen molar-refractivity contribution in [3.8, 4) is 5.75 Å². The number of carbonyl (C=O) groups excluding carboxylic acids is 1. The molecule has 1 aliphatic rings. The van der Waals surface area contributed by atoms with Gasteiger partial charge in [0.05, 0.1) is 13.7 Å². The van der Waals surface area contributed by atoms with Crippen LogP contribution in [0.1, 0.15) is 6.42 Å². The van der Waals surface area contributed by atoms with Crippen molar-refractivity contribution in [2.45, 2.75) is 18.2 Å². The van der Waals surface area contributed by atoms with Gasteiger partial charge in [0, 0.05) is 24.7 Å². The normalized spacial score (nSPS) is 22.2. The Kier molecular flexibility index (Phi) is 3.99. The van der Waals surface area contributed by atoms with Gasteiger partial charge in [-0.25, -0.2) is 4.79 Å². The van der Waals surface area contributed by atoms with Crippen LogP contribution in [0.3, 0.4) is 0 Å². The van der Waals surface area contributed by atoms with Gasteiger partial charge in [0.2, 0.25) is 0 Å². The van der Waals surface area contributed by atoms with E-state index in [0.717, 1.165) is 4.90 Å². The summed E-state index contributed by atoms with van der Waals surface area (Å²) in [6.07, 6.45) is -5.28. The van der Waals surface area contributed by atoms with Crippen molar-refractivity contribution in [2.75, 3.05) is 25.5 Å². The van der Waals surface area contributed by atoms with Gasteiger partial charge in [0.15, 0.2) is 5.60 Å². The quantitative estimate of drug-likeness (QED) is 0.881. The molecule has 0 spiro atoms. The molecule has 1 aliphatic heterocycles. The van der Waals surface area contributed by atoms with Crippen LogP contribution < -0.4 is 10.1 Å². The number of β-amino-alcohol motifs (C(OH)–C–C–N with tert-alkyl or cyclic N) is 1. The van der Waals surface area contributed by atoms with Crippen molar-refractivity contribution in [1.29, 1.82) is 0 Å². The number of urea groups is 1. The number of carbonyl (C=O) groups is 1. The summed E-state index contributed by atoms with van der Waals surface area (Å²) in [4.78, 5) is 12.9. The summed E-state index contributed by atoms with van der Waals surface area (Å²) in [5.74, 6) is 0.515. The van der Waals surface area contributed by atoms with Crippen LogP contribution in [-0.2, 0) is 0 Å². The molecule has 0 unspecified atom stereocenters. The number of nitrogens with one attached hydrogen (secondary N) is 1. The predicted octanol–water partition coefficient (Wildman–Crippen LogP) is 2.23. The van der Waals surface area contributed by atoms with E-state index in [-0.39, 0.29) is 6.54 Å². The minimum atomic E-state index is -4.75. The first-order valence-electron chi connectivity index (χ1n) is 6.24. The molecule has 0 radical (unpaired) electrons. The highest BCUT2D eigenvalue weighted by atomic mass is 19.4. The fourth-order valence-corrected chi connectivity index (χ4v) is 2.10. The molecule has 21 heavy (non-hydrogen) atoms. The molecule has 1 aromatic rings. The van der Waals surface area contributed by atoms with E-state index in [1.807, 2.05) is 0 Å². The van der Waals surface area contributed by atoms with E-state index in [2.05, 4.69) is 5.32 Å². The van der Waals surface area contributed by atoms with Crippen LogP contribution in [0.25, 0.3) is 0 Å². The van der Waals surface area contributed by atoms with Gasteiger partial charge in [-0.05, 0) is 12.1 Å². The number of aliphatic hydroxyl groups is 1. The second-order valence-corrected chi connectivity index (χ2v) is 4.86. The van der Waals surface area contributed by atoms with Crippen LogP contribution in [-0.4, -0.2) is 48.0 Å². The standard InChI is InChI=1S/C13H15F3N2O3/c1-21-10-4-2-3-9(7-10)17-11(19)18-6-5-12(20,8-18)13(14,15)16/h2-4,7,20H,5-6,8H2,1H3,(H,17,19)/t12-/m0/s1. The van der Waals surface area contributed by atoms with Gasteiger partial charge in [0.1, 0.15) is 5.75 Å². The van der Waals surface area contributed by atoms with Crippen LogP contribution in [0.5, 0.6) is 5.75 Å². The molecular weight excluding hydrogens is 289 g/mol. The monoisotopic (exact) mass is 304 g/mol. The first-order valence-corrected chi connectivity index (χ1v) is 6.24. The fourth-order valence-electron chi connectivity index (χ4n) is 2.10. The molecule has 0 saturated carbocycles. The molecule has 0 aromatic heterocycles. The molecule has 0 bridgehead atoms. The maximum atomic E-state index is 12.7. The number of hydrogen-bond acceptors (Lipinski definition) is 3. The molecule has 1 aromatic carbocycles. The average Bonchev–Trinajstić information content (AvgIpc) is 2.83. The van der Waals surface area contributed by atoms with Crippen LogP contribution in [0.2, 0.25) is 0 Å². The average molecular weight is 304 g/mol. The molecule has 1 heterocycles. The Morgan fingerprint density at radius 3 is 2.76 bits per heavy atom. The third-order valence-electron chi connectivity index (χ3n) is 3.38. The second-order valence-electron chi connectivity index (χ2n) is 4.86. The first-order chi connectivity index (χ1) is 9.75. The van der Waals surface area contributed by atoms with Crippen LogP contribution in [0.4, 0.5) is 23.7 Å². The van der Waals surface area contributed by atoms with Crippen molar-refractivity contribution < 1.29 is 27.8 Å². The van der Waals surface area contributed by atoms with Crippen molar-refractivity contribution in [3.05, 3.63) is 24.3 Å². The van der Waals surface area contributed by atoms with E-state index >= 15 is 0 Å². The smallest absolute Gasteiger partial charge is 0.419 e. The van der Waals surface area contributed by atoms with Gasteiger partial charge in [-0.15, -0.1) is 0 Å². The fraction of sp³-hybridized carbons (Fsp3) is 0.462. The molecule has 5 nitrogen and oxygen atoms in total. The van der Waals surface area contributed by atoms with E-state index < -0.39 is 30.8 Å². The lowest BCUT2D eigenvalue weighted by molar-refractivity contribution is -0.253. The third-order valence-corrected chi connectivity index (χ3v) is 3.38. The van der Waals surface area contributed by atoms with Crippen molar-refractivity contribution in [2.24, 2.45) is 0 Å². The van der Waals surface area contributed by atoms with Gasteiger partial charge < -0.3 is 20.1 Å². The number of benzene rings is 1. The number of amides is 2. The van der Waals surface area contributed by atoms with E-state index in [1.165, 1.54) is 7.11 Å². The highest BCUT2D eigenvalue weighted by Gasteiger charge is 2.57. The van der Waals surface area contributed by atoms with Gasteiger partial charge in [-0.2, -0.15) is 13.2 Å². The number of rotatable bonds is 2. The summed E-state index contributed by atoms with van der Waals surface area (Å²) in [5.41, 5.74) is -2.43. The molecule has 1 fully saturated rings. The van der Waals surface area contributed by atoms with Gasteiger partial charge >= 0.3 is 12.2 Å². The Bertz CT molecular complexity index is 536. The zero-order chi connectivity index (χ0) is 15.7. The number of halogens is 3. The maximum Gasteiger partial charge on any atom is 0.419 e. The summed E-state index contributed by atoms with van der Waals surface area (Å²) < 4.78 is 43.0. The minimum Gasteiger partial charge on any atom is -0.497 e. The van der Waals surface area contributed by atoms with Crippen molar-refractivity contribution in [1.82, 2.24) is 4.90 Å². The number of likely N-dealkylation sites (tertiary alicyclic amines) is 1. The first kappa shape index (κ1) is 15.4. The van der Waals surface area contributed by atoms with E-state index in [0.29, 0.717) is 11.4 Å². The molecule has 2 amide bonds. The van der Waals surface area contributed by atoms with Crippen LogP contribution in [0.15, 0.2) is 24.3 Å². The second kappa shape index (κ2) is 5.44. The predicted molar refractivity (Wildman–Crippen MR) is 69.2 cm³/mol. The lowest BCUT2D eigenvalue weighted by Gasteiger charge is -2.26. The molecular formula is C13H15F3N2O3. The number of anilines is 1. The molecule has 0 aliphatic carbocycles. The zero-order valence-electron chi connectivity index (χ0n) is 11.3. The Morgan fingerprint density at radius 2 is 2.19 bits per heavy atom. The Hall–Kier alpha value is -1.96. The van der Waals surface area contributed by atoms with Gasteiger partial charge in [0.25, 0.3) is 0 Å². The third kappa shape index (κ3) is 3.21. The molecule has 1 atom stereocenters. The van der Waals surface area contributed by atoms with Crippen molar-refractivity contribution in [3.63, 3.8) is 0 Å². The molecule has 2 N–H and O–H groups in total. The maximum absolute atomic E-state index is 12.7. The Balaban J connectivity index is 2.02. The van der Waals surface area contributed by atoms with E-state index in [9.17, 15) is 23.1 Å². The lowest BCUT2D eigenvalue weighted by atomic mass is 10.0. The van der Waals surface area contributed by atoms with Crippen molar-refractivity contribution >= 4 is 11.7 Å². The van der Waals surface area contributed by atoms with Crippen LogP contribution >= 0.6 is 0 Å². The summed E-state index contributed by atoms with van der Waals surface area (Å²) in [6.45, 7) is -0.932. The van der Waals surface area contributed by atoms with E-state index in [4.69, 9.17) is 4.74 Å². The molecule has 2 rings (SSSR count). The largest absolute Gasteiger partial charge is 0.497 e. The number of ether oxygens (including phenoxy) is 1. The Labute approximate surface area is 119 Å². The molecule has 8 heteroatoms. The molecule has 116 valence electrons. The minimum absolute atomic E-state index is 0.161. The van der Waals surface area contributed by atoms with Gasteiger partial charge in [-0.1, -0.05) is 6.07 Å². The Morgan fingerprint density at radius 1 is 1.48 bits per heavy atom. The summed E-state index contributed by atoms with van der Waals surface area (Å²) in [6, 6.07) is 5.76. The summed E-state index contributed by atoms with van der Waals surface area (Å²) in [5, 5.41) is 12.0. The van der Waals surface area contributed by atoms with Gasteiger partial charge in [-0.3, -0.25) is 0 Å². The molecule has 1 saturated heterocycles. The number of hydrogen-bond donors (Lipinski definition) is 2. The zero-order valence-corrected chi connectivity index (χ0v) is 11.3. The summed E-state index contributed by atoms with van der Waals surface area (Å²) in [7, 11) is 1.46. The number of methoxy groups -OCH3 is 1. The lowest BCUT2D eigenvalue weighted by Crippen LogP contribution is -2.48. The SMILES string of the molecule is COc1cccc(NC(=O)N2CC[C@@](O)(C(F)(F)F)C2)c1. The number of nitrogens with zero attached hydrogens (tertiary/aromatic N) is 1. The van der Waals surface area contributed by atoms with E-state index in [1.54, 1.807) is 24.3 Å². The highest BCUT2D eigenvalue weighted by Crippen LogP contribution is 2.37. The summed E-state index contributed by atoms with van der Waals surface area (Å²) >= 11 is 0. The highest BCUT2D eigenvalue weighted by molar-refractivity contribution is 5.89. The number of alkyl halides is 3. The topological polar surface area (TPSA) is 61.8 Å².